The van der Waals surface area contributed by atoms with Crippen molar-refractivity contribution < 1.29 is 17.6 Å². The second-order valence-corrected chi connectivity index (χ2v) is 4.37. The third-order valence-electron chi connectivity index (χ3n) is 2.98. The number of rotatable bonds is 4. The Morgan fingerprint density at radius 3 is 2.79 bits per heavy atom. The van der Waals surface area contributed by atoms with Gasteiger partial charge in [-0.2, -0.15) is 14.0 Å². The second-order valence-electron chi connectivity index (χ2n) is 4.37. The first-order chi connectivity index (χ1) is 8.94. The van der Waals surface area contributed by atoms with Crippen molar-refractivity contribution in [1.82, 2.24) is 4.98 Å². The zero-order chi connectivity index (χ0) is 14.0. The first-order valence-corrected chi connectivity index (χ1v) is 5.77. The van der Waals surface area contributed by atoms with Crippen LogP contribution >= 0.6 is 0 Å². The van der Waals surface area contributed by atoms with Crippen molar-refractivity contribution in [2.75, 3.05) is 11.9 Å². The molecule has 1 aliphatic rings. The first-order valence-electron chi connectivity index (χ1n) is 5.77. The van der Waals surface area contributed by atoms with Crippen molar-refractivity contribution in [3.8, 4) is 6.07 Å². The minimum Gasteiger partial charge on any atom is -0.363 e. The number of nitrogens with one attached hydrogen (secondary N) is 1. The molecule has 0 atom stereocenters. The van der Waals surface area contributed by atoms with Gasteiger partial charge >= 0.3 is 12.3 Å². The first kappa shape index (κ1) is 13.6. The van der Waals surface area contributed by atoms with Crippen molar-refractivity contribution >= 4 is 5.82 Å². The van der Waals surface area contributed by atoms with Gasteiger partial charge in [-0.25, -0.2) is 13.8 Å². The molecule has 0 bridgehead atoms. The normalized spacial score (nSPS) is 14.3. The van der Waals surface area contributed by atoms with Crippen LogP contribution in [0.15, 0.2) is 6.07 Å². The number of nitriles is 1. The van der Waals surface area contributed by atoms with Gasteiger partial charge in [0.25, 0.3) is 0 Å². The van der Waals surface area contributed by atoms with E-state index in [9.17, 15) is 17.6 Å². The zero-order valence-electron chi connectivity index (χ0n) is 9.89. The van der Waals surface area contributed by atoms with E-state index in [4.69, 9.17) is 5.26 Å². The number of anilines is 1. The van der Waals surface area contributed by atoms with Crippen LogP contribution in [0.3, 0.4) is 0 Å². The summed E-state index contributed by atoms with van der Waals surface area (Å²) in [5.74, 6) is -4.20. The predicted molar refractivity (Wildman–Crippen MR) is 60.4 cm³/mol. The molecule has 7 heteroatoms. The fourth-order valence-electron chi connectivity index (χ4n) is 1.97. The summed E-state index contributed by atoms with van der Waals surface area (Å²) in [4.78, 5) is 4.07. The predicted octanol–water partition coefficient (Wildman–Crippen LogP) is 2.75. The van der Waals surface area contributed by atoms with E-state index in [1.807, 2.05) is 6.07 Å². The number of aryl methyl sites for hydroxylation is 2. The maximum absolute atomic E-state index is 12.8. The summed E-state index contributed by atoms with van der Waals surface area (Å²) in [6.07, 6.45) is -1.35. The fraction of sp³-hybridized carbons (Fsp3) is 0.500. The smallest absolute Gasteiger partial charge is 0.324 e. The maximum Gasteiger partial charge on any atom is 0.324 e. The Hall–Kier alpha value is -1.84. The highest BCUT2D eigenvalue weighted by Gasteiger charge is 2.40. The van der Waals surface area contributed by atoms with E-state index in [0.29, 0.717) is 6.42 Å². The fourth-order valence-corrected chi connectivity index (χ4v) is 1.97. The Balaban J connectivity index is 2.19. The summed E-state index contributed by atoms with van der Waals surface area (Å²) >= 11 is 0. The molecule has 0 aromatic carbocycles. The van der Waals surface area contributed by atoms with Crippen molar-refractivity contribution in [2.45, 2.75) is 31.6 Å². The Morgan fingerprint density at radius 2 is 2.16 bits per heavy atom. The van der Waals surface area contributed by atoms with Crippen LogP contribution in [-0.4, -0.2) is 23.9 Å². The lowest BCUT2D eigenvalue weighted by Crippen LogP contribution is -2.35. The van der Waals surface area contributed by atoms with E-state index >= 15 is 0 Å². The molecule has 0 radical (unpaired) electrons. The van der Waals surface area contributed by atoms with E-state index < -0.39 is 18.9 Å². The van der Waals surface area contributed by atoms with E-state index in [2.05, 4.69) is 10.3 Å². The third kappa shape index (κ3) is 2.78. The quantitative estimate of drug-likeness (QED) is 0.858. The summed E-state index contributed by atoms with van der Waals surface area (Å²) in [6, 6.07) is 3.41. The molecule has 2 rings (SSSR count). The van der Waals surface area contributed by atoms with Crippen LogP contribution in [0, 0.1) is 11.3 Å². The van der Waals surface area contributed by atoms with Gasteiger partial charge in [-0.15, -0.1) is 0 Å². The molecule has 0 saturated heterocycles. The van der Waals surface area contributed by atoms with Gasteiger partial charge in [0.15, 0.2) is 0 Å². The van der Waals surface area contributed by atoms with Crippen LogP contribution in [0.5, 0.6) is 0 Å². The number of halogens is 4. The van der Waals surface area contributed by atoms with Gasteiger partial charge in [0.1, 0.15) is 11.9 Å². The second kappa shape index (κ2) is 5.03. The van der Waals surface area contributed by atoms with Crippen LogP contribution in [0.1, 0.15) is 23.2 Å². The largest absolute Gasteiger partial charge is 0.363 e. The highest BCUT2D eigenvalue weighted by Crippen LogP contribution is 2.27. The van der Waals surface area contributed by atoms with Crippen LogP contribution in [0.25, 0.3) is 0 Å². The SMILES string of the molecule is N#Cc1cc2c(nc1NCC(F)(F)C(F)F)CCC2. The molecule has 0 unspecified atom stereocenters. The number of hydrogen-bond donors (Lipinski definition) is 1. The summed E-state index contributed by atoms with van der Waals surface area (Å²) < 4.78 is 49.7. The number of hydrogen-bond acceptors (Lipinski definition) is 3. The van der Waals surface area contributed by atoms with Crippen molar-refractivity contribution in [3.63, 3.8) is 0 Å². The molecular weight excluding hydrogens is 262 g/mol. The van der Waals surface area contributed by atoms with Crippen molar-refractivity contribution in [2.24, 2.45) is 0 Å². The number of fused-ring (bicyclic) bond motifs is 1. The highest BCUT2D eigenvalue weighted by atomic mass is 19.3. The Kier molecular flexibility index (Phi) is 3.60. The number of alkyl halides is 4. The maximum atomic E-state index is 12.8. The summed E-state index contributed by atoms with van der Waals surface area (Å²) in [6.45, 7) is -1.24. The van der Waals surface area contributed by atoms with Crippen molar-refractivity contribution in [1.29, 1.82) is 5.26 Å². The summed E-state index contributed by atoms with van der Waals surface area (Å²) in [5, 5.41) is 11.1. The molecule has 0 spiro atoms. The standard InChI is InChI=1S/C12H11F4N3/c13-11(14)12(15,16)6-18-10-8(5-17)4-7-2-1-3-9(7)19-10/h4,11H,1-3,6H2,(H,18,19). The average Bonchev–Trinajstić information content (AvgIpc) is 2.81. The summed E-state index contributed by atoms with van der Waals surface area (Å²) in [5.41, 5.74) is 1.76. The molecule has 1 aromatic heterocycles. The van der Waals surface area contributed by atoms with Gasteiger partial charge in [0, 0.05) is 5.69 Å². The molecule has 0 amide bonds. The van der Waals surface area contributed by atoms with E-state index in [0.717, 1.165) is 24.1 Å². The molecule has 0 aliphatic heterocycles. The lowest BCUT2D eigenvalue weighted by atomic mass is 10.1. The lowest BCUT2D eigenvalue weighted by molar-refractivity contribution is -0.117. The van der Waals surface area contributed by atoms with Gasteiger partial charge in [-0.3, -0.25) is 0 Å². The lowest BCUT2D eigenvalue weighted by Gasteiger charge is -2.17. The van der Waals surface area contributed by atoms with Gasteiger partial charge in [0.2, 0.25) is 0 Å². The number of aromatic nitrogens is 1. The van der Waals surface area contributed by atoms with Crippen LogP contribution in [-0.2, 0) is 12.8 Å². The van der Waals surface area contributed by atoms with Crippen LogP contribution in [0.4, 0.5) is 23.4 Å². The van der Waals surface area contributed by atoms with E-state index in [1.54, 1.807) is 6.07 Å². The molecule has 0 saturated carbocycles. The van der Waals surface area contributed by atoms with Gasteiger partial charge in [-0.1, -0.05) is 0 Å². The van der Waals surface area contributed by atoms with Crippen LogP contribution < -0.4 is 5.32 Å². The molecule has 1 N–H and O–H groups in total. The highest BCUT2D eigenvalue weighted by molar-refractivity contribution is 5.55. The molecular formula is C12H11F4N3. The van der Waals surface area contributed by atoms with Gasteiger partial charge in [-0.05, 0) is 30.9 Å². The van der Waals surface area contributed by atoms with Gasteiger partial charge in [0.05, 0.1) is 12.1 Å². The summed E-state index contributed by atoms with van der Waals surface area (Å²) in [7, 11) is 0. The Labute approximate surface area is 107 Å². The van der Waals surface area contributed by atoms with E-state index in [1.165, 1.54) is 0 Å². The Morgan fingerprint density at radius 1 is 1.42 bits per heavy atom. The minimum atomic E-state index is -4.15. The monoisotopic (exact) mass is 273 g/mol. The molecule has 1 aromatic rings. The average molecular weight is 273 g/mol. The molecule has 3 nitrogen and oxygen atoms in total. The minimum absolute atomic E-state index is 0.0523. The molecule has 102 valence electrons. The zero-order valence-corrected chi connectivity index (χ0v) is 9.89. The third-order valence-corrected chi connectivity index (χ3v) is 2.98. The Bertz CT molecular complexity index is 522. The van der Waals surface area contributed by atoms with Crippen molar-refractivity contribution in [3.05, 3.63) is 22.9 Å². The topological polar surface area (TPSA) is 48.7 Å². The molecule has 0 fully saturated rings. The van der Waals surface area contributed by atoms with Crippen LogP contribution in [0.2, 0.25) is 0 Å². The number of pyridine rings is 1. The van der Waals surface area contributed by atoms with Gasteiger partial charge < -0.3 is 5.32 Å². The number of nitrogens with zero attached hydrogens (tertiary/aromatic N) is 2. The molecule has 19 heavy (non-hydrogen) atoms. The molecule has 1 aliphatic carbocycles. The van der Waals surface area contributed by atoms with E-state index in [-0.39, 0.29) is 11.4 Å². The molecule has 1 heterocycles.